The SMILES string of the molecule is COC(=O)c1ccccc1NCC(=O)Nc1cc(C(F)(F)F)ccc1-n1cncn1. The van der Waals surface area contributed by atoms with E-state index in [4.69, 9.17) is 0 Å². The fraction of sp³-hybridized carbons (Fsp3) is 0.158. The third kappa shape index (κ3) is 4.74. The molecule has 1 amide bonds. The molecule has 11 heteroatoms. The zero-order valence-electron chi connectivity index (χ0n) is 15.6. The average Bonchev–Trinajstić information content (AvgIpc) is 3.26. The summed E-state index contributed by atoms with van der Waals surface area (Å²) in [5.74, 6) is -1.22. The second-order valence-electron chi connectivity index (χ2n) is 6.01. The zero-order valence-corrected chi connectivity index (χ0v) is 15.6. The Labute approximate surface area is 168 Å². The molecule has 3 aromatic rings. The largest absolute Gasteiger partial charge is 0.465 e. The number of nitrogens with one attached hydrogen (secondary N) is 2. The zero-order chi connectivity index (χ0) is 21.7. The predicted octanol–water partition coefficient (Wildman–Crippen LogP) is 3.12. The maximum atomic E-state index is 13.1. The van der Waals surface area contributed by atoms with E-state index in [1.807, 2.05) is 0 Å². The maximum Gasteiger partial charge on any atom is 0.416 e. The summed E-state index contributed by atoms with van der Waals surface area (Å²) in [6.07, 6.45) is -2.07. The molecule has 2 N–H and O–H groups in total. The van der Waals surface area contributed by atoms with E-state index in [9.17, 15) is 22.8 Å². The van der Waals surface area contributed by atoms with Crippen LogP contribution in [0, 0.1) is 0 Å². The Kier molecular flexibility index (Phi) is 6.00. The fourth-order valence-electron chi connectivity index (χ4n) is 2.64. The lowest BCUT2D eigenvalue weighted by Gasteiger charge is -2.15. The second kappa shape index (κ2) is 8.64. The first-order valence-corrected chi connectivity index (χ1v) is 8.57. The van der Waals surface area contributed by atoms with Gasteiger partial charge >= 0.3 is 12.1 Å². The number of carbonyl (C=O) groups is 2. The molecule has 0 aliphatic carbocycles. The van der Waals surface area contributed by atoms with Crippen LogP contribution in [0.25, 0.3) is 5.69 Å². The standard InChI is InChI=1S/C19H16F3N5O3/c1-30-18(29)13-4-2-3-5-14(13)24-9-17(28)26-15-8-12(19(20,21)22)6-7-16(15)27-11-23-10-25-27/h2-8,10-11,24H,9H2,1H3,(H,26,28). The van der Waals surface area contributed by atoms with Gasteiger partial charge in [-0.25, -0.2) is 14.5 Å². The van der Waals surface area contributed by atoms with Gasteiger partial charge in [-0.3, -0.25) is 4.79 Å². The summed E-state index contributed by atoms with van der Waals surface area (Å²) in [4.78, 5) is 28.0. The van der Waals surface area contributed by atoms with Gasteiger partial charge in [0.05, 0.1) is 36.2 Å². The average molecular weight is 419 g/mol. The molecule has 0 bridgehead atoms. The Hall–Kier alpha value is -3.89. The third-order valence-corrected chi connectivity index (χ3v) is 4.04. The van der Waals surface area contributed by atoms with Crippen LogP contribution in [0.2, 0.25) is 0 Å². The molecule has 156 valence electrons. The number of para-hydroxylation sites is 1. The summed E-state index contributed by atoms with van der Waals surface area (Å²) in [5.41, 5.74) is -0.243. The molecular weight excluding hydrogens is 403 g/mol. The van der Waals surface area contributed by atoms with E-state index in [1.54, 1.807) is 18.2 Å². The van der Waals surface area contributed by atoms with E-state index >= 15 is 0 Å². The van der Waals surface area contributed by atoms with Crippen LogP contribution >= 0.6 is 0 Å². The first-order valence-electron chi connectivity index (χ1n) is 8.57. The molecule has 3 rings (SSSR count). The highest BCUT2D eigenvalue weighted by Crippen LogP contribution is 2.33. The number of amides is 1. The molecule has 1 aromatic heterocycles. The van der Waals surface area contributed by atoms with Crippen molar-refractivity contribution in [1.82, 2.24) is 14.8 Å². The second-order valence-corrected chi connectivity index (χ2v) is 6.01. The van der Waals surface area contributed by atoms with Gasteiger partial charge in [-0.1, -0.05) is 12.1 Å². The summed E-state index contributed by atoms with van der Waals surface area (Å²) in [6, 6.07) is 9.26. The van der Waals surface area contributed by atoms with Gasteiger partial charge in [0.2, 0.25) is 5.91 Å². The van der Waals surface area contributed by atoms with E-state index in [-0.39, 0.29) is 23.5 Å². The number of ether oxygens (including phenoxy) is 1. The quantitative estimate of drug-likeness (QED) is 0.596. The number of alkyl halides is 3. The Bertz CT molecular complexity index is 1050. The Balaban J connectivity index is 1.80. The van der Waals surface area contributed by atoms with Gasteiger partial charge in [0.25, 0.3) is 0 Å². The number of hydrogen-bond acceptors (Lipinski definition) is 6. The number of rotatable bonds is 6. The number of esters is 1. The summed E-state index contributed by atoms with van der Waals surface area (Å²) >= 11 is 0. The molecule has 0 fully saturated rings. The van der Waals surface area contributed by atoms with Gasteiger partial charge in [0.1, 0.15) is 12.7 Å². The van der Waals surface area contributed by atoms with Gasteiger partial charge in [-0.05, 0) is 30.3 Å². The maximum absolute atomic E-state index is 13.1. The first-order chi connectivity index (χ1) is 14.3. The highest BCUT2D eigenvalue weighted by molar-refractivity contribution is 5.98. The molecule has 0 aliphatic rings. The predicted molar refractivity (Wildman–Crippen MR) is 101 cm³/mol. The van der Waals surface area contributed by atoms with Gasteiger partial charge in [-0.2, -0.15) is 18.3 Å². The van der Waals surface area contributed by atoms with E-state index in [0.29, 0.717) is 5.69 Å². The topological polar surface area (TPSA) is 98.1 Å². The van der Waals surface area contributed by atoms with E-state index in [2.05, 4.69) is 25.5 Å². The lowest BCUT2D eigenvalue weighted by Crippen LogP contribution is -2.24. The van der Waals surface area contributed by atoms with Crippen molar-refractivity contribution in [3.05, 3.63) is 66.2 Å². The van der Waals surface area contributed by atoms with Gasteiger partial charge in [-0.15, -0.1) is 0 Å². The number of methoxy groups -OCH3 is 1. The molecule has 8 nitrogen and oxygen atoms in total. The molecule has 0 aliphatic heterocycles. The van der Waals surface area contributed by atoms with Gasteiger partial charge in [0.15, 0.2) is 0 Å². The van der Waals surface area contributed by atoms with Gasteiger partial charge in [0, 0.05) is 5.69 Å². The van der Waals surface area contributed by atoms with Crippen LogP contribution < -0.4 is 10.6 Å². The van der Waals surface area contributed by atoms with Crippen molar-refractivity contribution in [1.29, 1.82) is 0 Å². The van der Waals surface area contributed by atoms with Crippen LogP contribution in [0.1, 0.15) is 15.9 Å². The summed E-state index contributed by atoms with van der Waals surface area (Å²) in [6.45, 7) is -0.305. The Morgan fingerprint density at radius 1 is 1.13 bits per heavy atom. The molecule has 0 atom stereocenters. The van der Waals surface area contributed by atoms with Crippen molar-refractivity contribution in [2.45, 2.75) is 6.18 Å². The van der Waals surface area contributed by atoms with Gasteiger partial charge < -0.3 is 15.4 Å². The number of hydrogen-bond donors (Lipinski definition) is 2. The minimum Gasteiger partial charge on any atom is -0.465 e. The molecule has 30 heavy (non-hydrogen) atoms. The normalized spacial score (nSPS) is 11.1. The number of halogens is 3. The fourth-order valence-corrected chi connectivity index (χ4v) is 2.64. The summed E-state index contributed by atoms with van der Waals surface area (Å²) in [5, 5.41) is 9.10. The number of nitrogens with zero attached hydrogens (tertiary/aromatic N) is 3. The number of anilines is 2. The van der Waals surface area contributed by atoms with Crippen LogP contribution in [0.5, 0.6) is 0 Å². The molecule has 0 saturated heterocycles. The van der Waals surface area contributed by atoms with Crippen molar-refractivity contribution in [2.24, 2.45) is 0 Å². The molecule has 0 radical (unpaired) electrons. The van der Waals surface area contributed by atoms with Crippen molar-refractivity contribution in [2.75, 3.05) is 24.3 Å². The number of benzene rings is 2. The highest BCUT2D eigenvalue weighted by Gasteiger charge is 2.31. The molecule has 0 spiro atoms. The lowest BCUT2D eigenvalue weighted by molar-refractivity contribution is -0.137. The summed E-state index contributed by atoms with van der Waals surface area (Å²) in [7, 11) is 1.23. The van der Waals surface area contributed by atoms with Crippen LogP contribution in [-0.4, -0.2) is 40.3 Å². The minimum absolute atomic E-state index is 0.0941. The van der Waals surface area contributed by atoms with Crippen molar-refractivity contribution in [3.8, 4) is 5.69 Å². The van der Waals surface area contributed by atoms with E-state index in [0.717, 1.165) is 12.1 Å². The highest BCUT2D eigenvalue weighted by atomic mass is 19.4. The van der Waals surface area contributed by atoms with Crippen molar-refractivity contribution < 1.29 is 27.5 Å². The van der Waals surface area contributed by atoms with Crippen molar-refractivity contribution in [3.63, 3.8) is 0 Å². The third-order valence-electron chi connectivity index (χ3n) is 4.04. The van der Waals surface area contributed by atoms with Crippen LogP contribution in [0.3, 0.4) is 0 Å². The van der Waals surface area contributed by atoms with Crippen LogP contribution in [0.15, 0.2) is 55.1 Å². The Morgan fingerprint density at radius 2 is 1.90 bits per heavy atom. The smallest absolute Gasteiger partial charge is 0.416 e. The monoisotopic (exact) mass is 419 g/mol. The van der Waals surface area contributed by atoms with E-state index < -0.39 is 23.6 Å². The summed E-state index contributed by atoms with van der Waals surface area (Å²) < 4.78 is 45.2. The number of aromatic nitrogens is 3. The van der Waals surface area contributed by atoms with Crippen LogP contribution in [-0.2, 0) is 15.7 Å². The van der Waals surface area contributed by atoms with Crippen molar-refractivity contribution >= 4 is 23.3 Å². The van der Waals surface area contributed by atoms with E-state index in [1.165, 1.54) is 36.6 Å². The lowest BCUT2D eigenvalue weighted by atomic mass is 10.1. The minimum atomic E-state index is -4.59. The first kappa shape index (κ1) is 20.8. The number of carbonyl (C=O) groups excluding carboxylic acids is 2. The Morgan fingerprint density at radius 3 is 2.57 bits per heavy atom. The molecule has 2 aromatic carbocycles. The molecule has 1 heterocycles. The molecular formula is C19H16F3N5O3. The van der Waals surface area contributed by atoms with Crippen LogP contribution in [0.4, 0.5) is 24.5 Å². The molecule has 0 unspecified atom stereocenters. The molecule has 0 saturated carbocycles.